The second kappa shape index (κ2) is 6.32. The number of fused-ring (bicyclic) bond motifs is 1. The molecule has 0 amide bonds. The lowest BCUT2D eigenvalue weighted by Gasteiger charge is -2.23. The summed E-state index contributed by atoms with van der Waals surface area (Å²) >= 11 is 1.64. The van der Waals surface area contributed by atoms with Gasteiger partial charge in [-0.1, -0.05) is 25.3 Å². The molecule has 2 N–H and O–H groups in total. The molecular weight excluding hydrogens is 324 g/mol. The highest BCUT2D eigenvalue weighted by Crippen LogP contribution is 2.34. The zero-order chi connectivity index (χ0) is 16.5. The second-order valence-corrected chi connectivity index (χ2v) is 7.05. The van der Waals surface area contributed by atoms with Gasteiger partial charge in [0, 0.05) is 12.2 Å². The minimum atomic E-state index is -0.381. The molecule has 1 aliphatic carbocycles. The van der Waals surface area contributed by atoms with Crippen molar-refractivity contribution in [3.8, 4) is 10.6 Å². The number of aromatic nitrogens is 3. The molecule has 0 spiro atoms. The maximum absolute atomic E-state index is 12.0. The molecule has 0 saturated heterocycles. The van der Waals surface area contributed by atoms with Gasteiger partial charge < -0.3 is 10.1 Å². The number of aromatic amines is 1. The van der Waals surface area contributed by atoms with Crippen molar-refractivity contribution in [1.29, 1.82) is 0 Å². The zero-order valence-corrected chi connectivity index (χ0v) is 14.4. The normalized spacial score (nSPS) is 15.7. The van der Waals surface area contributed by atoms with Gasteiger partial charge >= 0.3 is 5.97 Å². The molecule has 4 rings (SSSR count). The van der Waals surface area contributed by atoms with Crippen LogP contribution in [0.3, 0.4) is 0 Å². The van der Waals surface area contributed by atoms with Crippen LogP contribution in [0.2, 0.25) is 0 Å². The third kappa shape index (κ3) is 2.58. The monoisotopic (exact) mass is 344 g/mol. The molecule has 126 valence electrons. The fourth-order valence-corrected chi connectivity index (χ4v) is 4.05. The van der Waals surface area contributed by atoms with Crippen molar-refractivity contribution in [2.45, 2.75) is 38.1 Å². The maximum atomic E-state index is 12.0. The van der Waals surface area contributed by atoms with Gasteiger partial charge in [0.25, 0.3) is 0 Å². The number of carbonyl (C=O) groups excluding carboxylic acids is 1. The van der Waals surface area contributed by atoms with Crippen LogP contribution in [-0.2, 0) is 4.74 Å². The van der Waals surface area contributed by atoms with Crippen LogP contribution >= 0.6 is 11.3 Å². The van der Waals surface area contributed by atoms with Crippen LogP contribution in [0.25, 0.3) is 16.2 Å². The molecule has 0 atom stereocenters. The molecule has 0 radical (unpaired) electrons. The molecule has 0 unspecified atom stereocenters. The maximum Gasteiger partial charge on any atom is 0.343 e. The summed E-state index contributed by atoms with van der Waals surface area (Å²) in [5, 5.41) is 8.83. The first-order chi connectivity index (χ1) is 11.8. The van der Waals surface area contributed by atoms with Crippen LogP contribution < -0.4 is 5.32 Å². The van der Waals surface area contributed by atoms with Gasteiger partial charge in [-0.3, -0.25) is 5.10 Å². The SMILES string of the molecule is COC(=O)c1c[nH]n2c(NC3CCCCC3)c(-c3cccs3)nc12. The number of methoxy groups -OCH3 is 1. The van der Waals surface area contributed by atoms with E-state index < -0.39 is 0 Å². The number of hydrogen-bond acceptors (Lipinski definition) is 5. The van der Waals surface area contributed by atoms with Crippen molar-refractivity contribution in [2.75, 3.05) is 12.4 Å². The number of carbonyl (C=O) groups is 1. The van der Waals surface area contributed by atoms with E-state index in [1.54, 1.807) is 17.5 Å². The Morgan fingerprint density at radius 1 is 1.42 bits per heavy atom. The number of hydrogen-bond donors (Lipinski definition) is 2. The summed E-state index contributed by atoms with van der Waals surface area (Å²) in [6.45, 7) is 0. The molecule has 0 aliphatic heterocycles. The van der Waals surface area contributed by atoms with E-state index in [4.69, 9.17) is 9.72 Å². The van der Waals surface area contributed by atoms with E-state index in [0.29, 0.717) is 17.3 Å². The zero-order valence-electron chi connectivity index (χ0n) is 13.5. The minimum absolute atomic E-state index is 0.381. The number of thiophene rings is 1. The first kappa shape index (κ1) is 15.3. The number of anilines is 1. The fourth-order valence-electron chi connectivity index (χ4n) is 3.34. The smallest absolute Gasteiger partial charge is 0.343 e. The van der Waals surface area contributed by atoms with Gasteiger partial charge in [-0.15, -0.1) is 11.3 Å². The van der Waals surface area contributed by atoms with Gasteiger partial charge in [0.05, 0.1) is 12.0 Å². The average molecular weight is 344 g/mol. The highest BCUT2D eigenvalue weighted by Gasteiger charge is 2.24. The summed E-state index contributed by atoms with van der Waals surface area (Å²) in [4.78, 5) is 17.8. The molecule has 1 fully saturated rings. The first-order valence-corrected chi connectivity index (χ1v) is 9.14. The Labute approximate surface area is 143 Å². The molecule has 0 bridgehead atoms. The Kier molecular flexibility index (Phi) is 4.02. The Hall–Kier alpha value is -2.28. The molecular formula is C17H20N4O2S. The highest BCUT2D eigenvalue weighted by molar-refractivity contribution is 7.13. The Bertz CT molecular complexity index is 844. The van der Waals surface area contributed by atoms with Gasteiger partial charge in [-0.2, -0.15) is 0 Å². The van der Waals surface area contributed by atoms with Crippen LogP contribution in [0.4, 0.5) is 5.82 Å². The van der Waals surface area contributed by atoms with Gasteiger partial charge in [-0.05, 0) is 24.3 Å². The van der Waals surface area contributed by atoms with Crippen molar-refractivity contribution in [1.82, 2.24) is 14.6 Å². The molecule has 1 saturated carbocycles. The van der Waals surface area contributed by atoms with Gasteiger partial charge in [-0.25, -0.2) is 14.3 Å². The minimum Gasteiger partial charge on any atom is -0.465 e. The third-order valence-electron chi connectivity index (χ3n) is 4.56. The molecule has 1 aliphatic rings. The number of ether oxygens (including phenoxy) is 1. The summed E-state index contributed by atoms with van der Waals surface area (Å²) in [5.74, 6) is 0.544. The number of nitrogens with zero attached hydrogens (tertiary/aromatic N) is 2. The Morgan fingerprint density at radius 2 is 2.25 bits per heavy atom. The van der Waals surface area contributed by atoms with E-state index in [9.17, 15) is 4.79 Å². The fraction of sp³-hybridized carbons (Fsp3) is 0.412. The van der Waals surface area contributed by atoms with E-state index in [2.05, 4.69) is 16.5 Å². The van der Waals surface area contributed by atoms with Gasteiger partial charge in [0.15, 0.2) is 11.5 Å². The lowest BCUT2D eigenvalue weighted by Crippen LogP contribution is -2.23. The van der Waals surface area contributed by atoms with E-state index in [1.165, 1.54) is 39.2 Å². The predicted octanol–water partition coefficient (Wildman–Crippen LogP) is 3.92. The molecule has 3 aromatic rings. The number of imidazole rings is 1. The molecule has 3 heterocycles. The lowest BCUT2D eigenvalue weighted by molar-refractivity contribution is 0.0602. The lowest BCUT2D eigenvalue weighted by atomic mass is 9.95. The highest BCUT2D eigenvalue weighted by atomic mass is 32.1. The summed E-state index contributed by atoms with van der Waals surface area (Å²) in [6.07, 6.45) is 7.81. The number of H-pyrrole nitrogens is 1. The van der Waals surface area contributed by atoms with Gasteiger partial charge in [0.1, 0.15) is 11.3 Å². The average Bonchev–Trinajstić information content (AvgIpc) is 3.32. The number of nitrogens with one attached hydrogen (secondary N) is 2. The third-order valence-corrected chi connectivity index (χ3v) is 5.44. The van der Waals surface area contributed by atoms with Crippen molar-refractivity contribution in [2.24, 2.45) is 0 Å². The van der Waals surface area contributed by atoms with E-state index in [-0.39, 0.29) is 5.97 Å². The summed E-state index contributed by atoms with van der Waals surface area (Å²) in [6, 6.07) is 4.51. The molecule has 3 aromatic heterocycles. The van der Waals surface area contributed by atoms with Crippen LogP contribution in [0.15, 0.2) is 23.7 Å². The summed E-state index contributed by atoms with van der Waals surface area (Å²) < 4.78 is 6.72. The van der Waals surface area contributed by atoms with Crippen LogP contribution in [0.5, 0.6) is 0 Å². The van der Waals surface area contributed by atoms with E-state index in [1.807, 2.05) is 16.0 Å². The van der Waals surface area contributed by atoms with Crippen molar-refractivity contribution in [3.05, 3.63) is 29.3 Å². The van der Waals surface area contributed by atoms with Crippen LogP contribution in [-0.4, -0.2) is 33.7 Å². The molecule has 24 heavy (non-hydrogen) atoms. The van der Waals surface area contributed by atoms with Crippen molar-refractivity contribution < 1.29 is 9.53 Å². The topological polar surface area (TPSA) is 71.4 Å². The molecule has 0 aromatic carbocycles. The first-order valence-electron chi connectivity index (χ1n) is 8.26. The van der Waals surface area contributed by atoms with E-state index >= 15 is 0 Å². The predicted molar refractivity (Wildman–Crippen MR) is 94.7 cm³/mol. The number of rotatable bonds is 4. The number of esters is 1. The van der Waals surface area contributed by atoms with E-state index in [0.717, 1.165) is 16.4 Å². The van der Waals surface area contributed by atoms with Crippen LogP contribution in [0, 0.1) is 0 Å². The molecule has 6 nitrogen and oxygen atoms in total. The van der Waals surface area contributed by atoms with Crippen molar-refractivity contribution >= 4 is 28.8 Å². The summed E-state index contributed by atoms with van der Waals surface area (Å²) in [7, 11) is 1.39. The largest absolute Gasteiger partial charge is 0.465 e. The molecule has 7 heteroatoms. The Balaban J connectivity index is 1.80. The van der Waals surface area contributed by atoms with Crippen molar-refractivity contribution in [3.63, 3.8) is 0 Å². The van der Waals surface area contributed by atoms with Gasteiger partial charge in [0.2, 0.25) is 0 Å². The second-order valence-electron chi connectivity index (χ2n) is 6.10. The quantitative estimate of drug-likeness (QED) is 0.704. The Morgan fingerprint density at radius 3 is 2.96 bits per heavy atom. The standard InChI is InChI=1S/C17H20N4O2S/c1-23-17(22)12-10-18-21-15(12)20-14(13-8-5-9-24-13)16(21)19-11-6-3-2-4-7-11/h5,8-11,18-19H,2-4,6-7H2,1H3. The summed E-state index contributed by atoms with van der Waals surface area (Å²) in [5.41, 5.74) is 1.93. The van der Waals surface area contributed by atoms with Crippen LogP contribution in [0.1, 0.15) is 42.5 Å².